The maximum Gasteiger partial charge on any atom is 0.109 e. The lowest BCUT2D eigenvalue weighted by molar-refractivity contribution is 0.273. The van der Waals surface area contributed by atoms with Crippen molar-refractivity contribution in [3.05, 3.63) is 24.0 Å². The molecule has 0 aliphatic carbocycles. The Morgan fingerprint density at radius 2 is 2.56 bits per heavy atom. The third-order valence-electron chi connectivity index (χ3n) is 1.19. The Bertz CT molecular complexity index is 138. The maximum atomic E-state index is 5.06. The van der Waals surface area contributed by atoms with Gasteiger partial charge in [0.2, 0.25) is 0 Å². The fourth-order valence-electron chi connectivity index (χ4n) is 0.711. The smallest absolute Gasteiger partial charge is 0.109 e. The van der Waals surface area contributed by atoms with E-state index in [1.165, 1.54) is 5.57 Å². The van der Waals surface area contributed by atoms with Crippen LogP contribution in [0, 0.1) is 0 Å². The van der Waals surface area contributed by atoms with E-state index in [0.717, 1.165) is 18.4 Å². The third-order valence-corrected chi connectivity index (χ3v) is 1.59. The molecule has 0 aromatic rings. The molecule has 0 aromatic carbocycles. The first-order chi connectivity index (χ1) is 4.43. The Morgan fingerprint density at radius 1 is 1.67 bits per heavy atom. The van der Waals surface area contributed by atoms with Crippen LogP contribution in [0.2, 0.25) is 0 Å². The summed E-state index contributed by atoms with van der Waals surface area (Å²) in [5.74, 6) is 0. The minimum absolute atomic E-state index is 0.766. The fourth-order valence-corrected chi connectivity index (χ4v) is 1.22. The van der Waals surface area contributed by atoms with Crippen molar-refractivity contribution < 1.29 is 4.74 Å². The summed E-state index contributed by atoms with van der Waals surface area (Å²) in [7, 11) is 0. The lowest BCUT2D eigenvalue weighted by atomic mass is 10.2. The van der Waals surface area contributed by atoms with Crippen LogP contribution in [0.1, 0.15) is 6.42 Å². The number of ether oxygens (including phenoxy) is 1. The molecule has 50 valence electrons. The van der Waals surface area contributed by atoms with Gasteiger partial charge in [0.1, 0.15) is 6.61 Å². The molecular weight excluding hydrogens is 180 g/mol. The van der Waals surface area contributed by atoms with Crippen LogP contribution in [0.25, 0.3) is 0 Å². The molecule has 0 bridgehead atoms. The monoisotopic (exact) mass is 188 g/mol. The molecule has 0 saturated carbocycles. The van der Waals surface area contributed by atoms with Crippen molar-refractivity contribution in [3.63, 3.8) is 0 Å². The Hall–Kier alpha value is -0.240. The van der Waals surface area contributed by atoms with Gasteiger partial charge in [-0.1, -0.05) is 22.0 Å². The Labute approximate surface area is 63.5 Å². The Kier molecular flexibility index (Phi) is 2.84. The number of allylic oxidation sites excluding steroid dienone is 2. The van der Waals surface area contributed by atoms with Gasteiger partial charge >= 0.3 is 0 Å². The van der Waals surface area contributed by atoms with E-state index >= 15 is 0 Å². The van der Waals surface area contributed by atoms with Crippen molar-refractivity contribution in [3.8, 4) is 0 Å². The highest BCUT2D eigenvalue weighted by Crippen LogP contribution is 2.08. The van der Waals surface area contributed by atoms with Gasteiger partial charge in [-0.15, -0.1) is 0 Å². The standard InChI is InChI=1S/C7H9BrO/c8-4-3-7-2-1-5-9-6-7/h1-2,5H,3-4,6H2. The van der Waals surface area contributed by atoms with Gasteiger partial charge in [-0.05, 0) is 18.1 Å². The van der Waals surface area contributed by atoms with E-state index in [1.54, 1.807) is 6.26 Å². The van der Waals surface area contributed by atoms with Gasteiger partial charge in [0.25, 0.3) is 0 Å². The molecule has 0 amide bonds. The average Bonchev–Trinajstić information content (AvgIpc) is 1.91. The van der Waals surface area contributed by atoms with Crippen molar-refractivity contribution in [1.82, 2.24) is 0 Å². The molecule has 1 aliphatic heterocycles. The van der Waals surface area contributed by atoms with Crippen LogP contribution in [0.5, 0.6) is 0 Å². The minimum atomic E-state index is 0.766. The summed E-state index contributed by atoms with van der Waals surface area (Å²) in [5.41, 5.74) is 1.36. The normalized spacial score (nSPS) is 16.8. The van der Waals surface area contributed by atoms with Crippen molar-refractivity contribution in [2.75, 3.05) is 11.9 Å². The zero-order valence-corrected chi connectivity index (χ0v) is 6.73. The van der Waals surface area contributed by atoms with E-state index in [-0.39, 0.29) is 0 Å². The first kappa shape index (κ1) is 6.87. The molecule has 1 nitrogen and oxygen atoms in total. The molecule has 0 aromatic heterocycles. The molecule has 0 atom stereocenters. The second kappa shape index (κ2) is 3.72. The van der Waals surface area contributed by atoms with E-state index in [9.17, 15) is 0 Å². The molecule has 0 saturated heterocycles. The highest BCUT2D eigenvalue weighted by atomic mass is 79.9. The van der Waals surface area contributed by atoms with Gasteiger partial charge in [-0.2, -0.15) is 0 Å². The maximum absolute atomic E-state index is 5.06. The van der Waals surface area contributed by atoms with Crippen molar-refractivity contribution in [2.45, 2.75) is 6.42 Å². The quantitative estimate of drug-likeness (QED) is 0.605. The van der Waals surface area contributed by atoms with E-state index in [0.29, 0.717) is 0 Å². The molecule has 1 aliphatic rings. The minimum Gasteiger partial charge on any atom is -0.497 e. The van der Waals surface area contributed by atoms with Gasteiger partial charge in [-0.25, -0.2) is 0 Å². The summed E-state index contributed by atoms with van der Waals surface area (Å²) in [6, 6.07) is 0. The molecule has 0 N–H and O–H groups in total. The van der Waals surface area contributed by atoms with E-state index in [2.05, 4.69) is 22.0 Å². The van der Waals surface area contributed by atoms with Gasteiger partial charge in [0.05, 0.1) is 6.26 Å². The number of halogens is 1. The predicted molar refractivity (Wildman–Crippen MR) is 41.6 cm³/mol. The number of rotatable bonds is 2. The van der Waals surface area contributed by atoms with Crippen molar-refractivity contribution in [1.29, 1.82) is 0 Å². The van der Waals surface area contributed by atoms with Crippen molar-refractivity contribution in [2.24, 2.45) is 0 Å². The summed E-state index contributed by atoms with van der Waals surface area (Å²) in [5, 5.41) is 1.02. The Balaban J connectivity index is 2.38. The second-order valence-electron chi connectivity index (χ2n) is 1.90. The van der Waals surface area contributed by atoms with Gasteiger partial charge < -0.3 is 4.74 Å². The molecule has 9 heavy (non-hydrogen) atoms. The summed E-state index contributed by atoms with van der Waals surface area (Å²) >= 11 is 3.36. The summed E-state index contributed by atoms with van der Waals surface area (Å²) in [6.45, 7) is 0.766. The summed E-state index contributed by atoms with van der Waals surface area (Å²) in [4.78, 5) is 0. The van der Waals surface area contributed by atoms with E-state index < -0.39 is 0 Å². The molecule has 0 fully saturated rings. The second-order valence-corrected chi connectivity index (χ2v) is 2.70. The van der Waals surface area contributed by atoms with Crippen LogP contribution >= 0.6 is 15.9 Å². The van der Waals surface area contributed by atoms with Crippen LogP contribution in [-0.4, -0.2) is 11.9 Å². The topological polar surface area (TPSA) is 9.23 Å². The molecule has 0 radical (unpaired) electrons. The first-order valence-corrected chi connectivity index (χ1v) is 4.08. The summed E-state index contributed by atoms with van der Waals surface area (Å²) < 4.78 is 5.06. The van der Waals surface area contributed by atoms with Crippen LogP contribution < -0.4 is 0 Å². The molecule has 0 spiro atoms. The zero-order valence-electron chi connectivity index (χ0n) is 5.14. The van der Waals surface area contributed by atoms with Crippen LogP contribution in [0.4, 0.5) is 0 Å². The average molecular weight is 189 g/mol. The number of alkyl halides is 1. The van der Waals surface area contributed by atoms with E-state index in [1.807, 2.05) is 6.08 Å². The van der Waals surface area contributed by atoms with Crippen LogP contribution in [0.3, 0.4) is 0 Å². The number of hydrogen-bond acceptors (Lipinski definition) is 1. The fraction of sp³-hybridized carbons (Fsp3) is 0.429. The molecule has 1 rings (SSSR count). The molecular formula is C7H9BrO. The molecule has 1 heterocycles. The number of hydrogen-bond donors (Lipinski definition) is 0. The van der Waals surface area contributed by atoms with Crippen molar-refractivity contribution >= 4 is 15.9 Å². The third kappa shape index (κ3) is 2.22. The Morgan fingerprint density at radius 3 is 3.11 bits per heavy atom. The van der Waals surface area contributed by atoms with Gasteiger partial charge in [0.15, 0.2) is 0 Å². The largest absolute Gasteiger partial charge is 0.497 e. The highest BCUT2D eigenvalue weighted by Gasteiger charge is 1.96. The van der Waals surface area contributed by atoms with Gasteiger partial charge in [-0.3, -0.25) is 0 Å². The van der Waals surface area contributed by atoms with Crippen LogP contribution in [0.15, 0.2) is 24.0 Å². The lowest BCUT2D eigenvalue weighted by Gasteiger charge is -2.07. The highest BCUT2D eigenvalue weighted by molar-refractivity contribution is 9.09. The van der Waals surface area contributed by atoms with Crippen LogP contribution in [-0.2, 0) is 4.74 Å². The first-order valence-electron chi connectivity index (χ1n) is 2.95. The zero-order chi connectivity index (χ0) is 6.53. The summed E-state index contributed by atoms with van der Waals surface area (Å²) in [6.07, 6.45) is 6.84. The predicted octanol–water partition coefficient (Wildman–Crippen LogP) is 2.24. The van der Waals surface area contributed by atoms with E-state index in [4.69, 9.17) is 4.74 Å². The molecule has 0 unspecified atom stereocenters. The van der Waals surface area contributed by atoms with Gasteiger partial charge in [0, 0.05) is 5.33 Å². The lowest BCUT2D eigenvalue weighted by Crippen LogP contribution is -1.97. The SMILES string of the molecule is BrCCC1=CC=COC1. The molecule has 2 heteroatoms.